The van der Waals surface area contributed by atoms with Gasteiger partial charge in [-0.2, -0.15) is 0 Å². The number of carbonyl (C=O) groups is 4. The molecule has 0 unspecified atom stereocenters. The molecule has 9 heteroatoms. The second-order valence-corrected chi connectivity index (χ2v) is 6.39. The van der Waals surface area contributed by atoms with E-state index in [2.05, 4.69) is 5.32 Å². The molecule has 2 rings (SSSR count). The summed E-state index contributed by atoms with van der Waals surface area (Å²) in [6, 6.07) is 6.80. The van der Waals surface area contributed by atoms with Crippen LogP contribution < -0.4 is 11.1 Å². The number of nitrogens with one attached hydrogen (secondary N) is 1. The summed E-state index contributed by atoms with van der Waals surface area (Å²) in [6.45, 7) is 1.35. The lowest BCUT2D eigenvalue weighted by Gasteiger charge is -2.24. The van der Waals surface area contributed by atoms with Crippen LogP contribution in [0.2, 0.25) is 0 Å². The van der Waals surface area contributed by atoms with Gasteiger partial charge < -0.3 is 25.8 Å². The zero-order chi connectivity index (χ0) is 20.0. The Labute approximate surface area is 156 Å². The fraction of sp³-hybridized carbons (Fsp3) is 0.444. The number of ether oxygens (including phenoxy) is 1. The lowest BCUT2D eigenvalue weighted by Crippen LogP contribution is -2.52. The standard InChI is InChI=1S/C18H23N3O6/c1-11(22)21-9-13(23)7-15(21)18(26)20-14(17(19)25)8-16(24)27-10-12-5-3-2-4-6-12/h2-6,13-15,23H,7-10H2,1H3,(H2,19,25)(H,20,26)/t13-,14+,15+/m1/s1. The molecular formula is C18H23N3O6. The maximum absolute atomic E-state index is 12.4. The molecule has 0 radical (unpaired) electrons. The van der Waals surface area contributed by atoms with E-state index in [-0.39, 0.29) is 25.5 Å². The molecule has 27 heavy (non-hydrogen) atoms. The Hall–Kier alpha value is -2.94. The van der Waals surface area contributed by atoms with E-state index < -0.39 is 42.4 Å². The van der Waals surface area contributed by atoms with Crippen molar-refractivity contribution in [2.24, 2.45) is 5.73 Å². The summed E-state index contributed by atoms with van der Waals surface area (Å²) in [4.78, 5) is 48.8. The molecule has 146 valence electrons. The van der Waals surface area contributed by atoms with Crippen LogP contribution in [0.5, 0.6) is 0 Å². The second kappa shape index (κ2) is 9.13. The molecule has 3 atom stereocenters. The average molecular weight is 377 g/mol. The highest BCUT2D eigenvalue weighted by atomic mass is 16.5. The Balaban J connectivity index is 1.92. The number of nitrogens with zero attached hydrogens (tertiary/aromatic N) is 1. The molecule has 1 aromatic carbocycles. The van der Waals surface area contributed by atoms with Gasteiger partial charge in [-0.1, -0.05) is 30.3 Å². The smallest absolute Gasteiger partial charge is 0.308 e. The minimum absolute atomic E-state index is 0.0338. The second-order valence-electron chi connectivity index (χ2n) is 6.39. The molecule has 1 aliphatic rings. The van der Waals surface area contributed by atoms with Crippen molar-refractivity contribution in [1.82, 2.24) is 10.2 Å². The number of amides is 3. The number of hydrogen-bond acceptors (Lipinski definition) is 6. The number of hydrogen-bond donors (Lipinski definition) is 3. The van der Waals surface area contributed by atoms with Crippen molar-refractivity contribution >= 4 is 23.7 Å². The fourth-order valence-corrected chi connectivity index (χ4v) is 2.86. The number of carbonyl (C=O) groups excluding carboxylic acids is 4. The average Bonchev–Trinajstić information content (AvgIpc) is 3.02. The summed E-state index contributed by atoms with van der Waals surface area (Å²) in [5.74, 6) is -2.61. The van der Waals surface area contributed by atoms with E-state index in [0.29, 0.717) is 0 Å². The SMILES string of the molecule is CC(=O)N1C[C@H](O)C[C@H]1C(=O)N[C@@H](CC(=O)OCc1ccccc1)C(N)=O. The highest BCUT2D eigenvalue weighted by Crippen LogP contribution is 2.18. The van der Waals surface area contributed by atoms with Gasteiger partial charge in [0.1, 0.15) is 18.7 Å². The number of likely N-dealkylation sites (tertiary alicyclic amines) is 1. The third kappa shape index (κ3) is 5.78. The van der Waals surface area contributed by atoms with Crippen LogP contribution >= 0.6 is 0 Å². The lowest BCUT2D eigenvalue weighted by molar-refractivity contribution is -0.147. The number of rotatable bonds is 7. The molecule has 3 amide bonds. The first-order valence-corrected chi connectivity index (χ1v) is 8.52. The normalized spacial score (nSPS) is 20.0. The Morgan fingerprint density at radius 3 is 2.56 bits per heavy atom. The quantitative estimate of drug-likeness (QED) is 0.525. The van der Waals surface area contributed by atoms with Crippen molar-refractivity contribution in [1.29, 1.82) is 0 Å². The van der Waals surface area contributed by atoms with E-state index in [4.69, 9.17) is 10.5 Å². The first-order chi connectivity index (χ1) is 12.8. The highest BCUT2D eigenvalue weighted by Gasteiger charge is 2.38. The van der Waals surface area contributed by atoms with Crippen molar-refractivity contribution in [2.75, 3.05) is 6.54 Å². The monoisotopic (exact) mass is 377 g/mol. The van der Waals surface area contributed by atoms with E-state index in [0.717, 1.165) is 5.56 Å². The van der Waals surface area contributed by atoms with E-state index in [1.807, 2.05) is 6.07 Å². The first-order valence-electron chi connectivity index (χ1n) is 8.52. The van der Waals surface area contributed by atoms with Crippen LogP contribution in [-0.2, 0) is 30.5 Å². The molecule has 4 N–H and O–H groups in total. The Bertz CT molecular complexity index is 708. The van der Waals surface area contributed by atoms with Crippen LogP contribution in [0.4, 0.5) is 0 Å². The number of β-amino-alcohol motifs (C(OH)–C–C–N with tert-alkyl or cyclic N) is 1. The van der Waals surface area contributed by atoms with Crippen molar-refractivity contribution in [3.05, 3.63) is 35.9 Å². The van der Waals surface area contributed by atoms with Crippen LogP contribution in [0.3, 0.4) is 0 Å². The van der Waals surface area contributed by atoms with Crippen LogP contribution in [0.1, 0.15) is 25.3 Å². The van der Waals surface area contributed by atoms with Gasteiger partial charge in [0.15, 0.2) is 0 Å². The van der Waals surface area contributed by atoms with Gasteiger partial charge in [-0.25, -0.2) is 0 Å². The Morgan fingerprint density at radius 1 is 1.30 bits per heavy atom. The molecule has 0 bridgehead atoms. The van der Waals surface area contributed by atoms with Gasteiger partial charge in [0, 0.05) is 19.9 Å². The predicted molar refractivity (Wildman–Crippen MR) is 93.8 cm³/mol. The van der Waals surface area contributed by atoms with Crippen LogP contribution in [0.25, 0.3) is 0 Å². The molecule has 0 aromatic heterocycles. The molecule has 1 aromatic rings. The predicted octanol–water partition coefficient (Wildman–Crippen LogP) is -0.928. The number of primary amides is 1. The fourth-order valence-electron chi connectivity index (χ4n) is 2.86. The van der Waals surface area contributed by atoms with Crippen molar-refractivity contribution in [3.8, 4) is 0 Å². The number of benzene rings is 1. The molecule has 1 heterocycles. The van der Waals surface area contributed by atoms with Crippen LogP contribution in [0.15, 0.2) is 30.3 Å². The summed E-state index contributed by atoms with van der Waals surface area (Å²) in [6.07, 6.45) is -1.20. The summed E-state index contributed by atoms with van der Waals surface area (Å²) >= 11 is 0. The van der Waals surface area contributed by atoms with Gasteiger partial charge in [-0.05, 0) is 5.56 Å². The molecule has 0 saturated carbocycles. The van der Waals surface area contributed by atoms with Gasteiger partial charge in [-0.15, -0.1) is 0 Å². The first kappa shape index (κ1) is 20.4. The minimum atomic E-state index is -1.27. The molecule has 0 spiro atoms. The maximum Gasteiger partial charge on any atom is 0.308 e. The van der Waals surface area contributed by atoms with Gasteiger partial charge in [0.2, 0.25) is 17.7 Å². The number of aliphatic hydroxyl groups excluding tert-OH is 1. The third-order valence-corrected chi connectivity index (χ3v) is 4.26. The zero-order valence-electron chi connectivity index (χ0n) is 15.0. The maximum atomic E-state index is 12.4. The Kier molecular flexibility index (Phi) is 6.89. The number of aliphatic hydroxyl groups is 1. The zero-order valence-corrected chi connectivity index (χ0v) is 15.0. The largest absolute Gasteiger partial charge is 0.461 e. The van der Waals surface area contributed by atoms with Crippen molar-refractivity contribution < 1.29 is 29.0 Å². The van der Waals surface area contributed by atoms with Crippen molar-refractivity contribution in [2.45, 2.75) is 44.6 Å². The summed E-state index contributed by atoms with van der Waals surface area (Å²) in [5.41, 5.74) is 6.05. The molecule has 9 nitrogen and oxygen atoms in total. The molecule has 1 fully saturated rings. The van der Waals surface area contributed by atoms with Gasteiger partial charge >= 0.3 is 5.97 Å². The molecule has 1 aliphatic heterocycles. The summed E-state index contributed by atoms with van der Waals surface area (Å²) in [7, 11) is 0. The number of nitrogens with two attached hydrogens (primary N) is 1. The molecule has 1 saturated heterocycles. The number of esters is 1. The summed E-state index contributed by atoms with van der Waals surface area (Å²) < 4.78 is 5.09. The lowest BCUT2D eigenvalue weighted by atomic mass is 10.1. The topological polar surface area (TPSA) is 139 Å². The van der Waals surface area contributed by atoms with E-state index in [9.17, 15) is 24.3 Å². The Morgan fingerprint density at radius 2 is 1.96 bits per heavy atom. The minimum Gasteiger partial charge on any atom is -0.461 e. The van der Waals surface area contributed by atoms with E-state index in [1.165, 1.54) is 11.8 Å². The van der Waals surface area contributed by atoms with Gasteiger partial charge in [0.05, 0.1) is 12.5 Å². The van der Waals surface area contributed by atoms with E-state index >= 15 is 0 Å². The van der Waals surface area contributed by atoms with E-state index in [1.54, 1.807) is 24.3 Å². The van der Waals surface area contributed by atoms with Crippen LogP contribution in [-0.4, -0.2) is 58.4 Å². The van der Waals surface area contributed by atoms with Crippen molar-refractivity contribution in [3.63, 3.8) is 0 Å². The molecular weight excluding hydrogens is 354 g/mol. The van der Waals surface area contributed by atoms with Crippen LogP contribution in [0, 0.1) is 0 Å². The summed E-state index contributed by atoms with van der Waals surface area (Å²) in [5, 5.41) is 12.1. The molecule has 0 aliphatic carbocycles. The van der Waals surface area contributed by atoms with Gasteiger partial charge in [-0.3, -0.25) is 19.2 Å². The highest BCUT2D eigenvalue weighted by molar-refractivity contribution is 5.93. The third-order valence-electron chi connectivity index (χ3n) is 4.26. The van der Waals surface area contributed by atoms with Gasteiger partial charge in [0.25, 0.3) is 0 Å².